The summed E-state index contributed by atoms with van der Waals surface area (Å²) in [6, 6.07) is 14.9. The van der Waals surface area contributed by atoms with Crippen LogP contribution in [0.3, 0.4) is 0 Å². The third kappa shape index (κ3) is 4.37. The Bertz CT molecular complexity index is 991. The van der Waals surface area contributed by atoms with Crippen LogP contribution in [-0.4, -0.2) is 34.1 Å². The fourth-order valence-electron chi connectivity index (χ4n) is 2.38. The van der Waals surface area contributed by atoms with Crippen molar-refractivity contribution in [1.82, 2.24) is 9.97 Å². The van der Waals surface area contributed by atoms with Crippen LogP contribution >= 0.6 is 0 Å². The average molecular weight is 364 g/mol. The third-order valence-electron chi connectivity index (χ3n) is 3.62. The Labute approximate surface area is 154 Å². The molecule has 1 aromatic heterocycles. The van der Waals surface area contributed by atoms with Crippen LogP contribution in [-0.2, 0) is 4.74 Å². The first-order valence-electron chi connectivity index (χ1n) is 7.94. The van der Waals surface area contributed by atoms with Gasteiger partial charge in [-0.05, 0) is 36.4 Å². The maximum Gasteiger partial charge on any atom is 0.337 e. The van der Waals surface area contributed by atoms with Crippen LogP contribution in [0.15, 0.2) is 60.8 Å². The molecule has 2 aromatic carbocycles. The van der Waals surface area contributed by atoms with Gasteiger partial charge in [-0.3, -0.25) is 0 Å². The summed E-state index contributed by atoms with van der Waals surface area (Å²) in [4.78, 5) is 31.4. The Hall–Kier alpha value is -3.94. The van der Waals surface area contributed by atoms with E-state index in [2.05, 4.69) is 20.6 Å². The van der Waals surface area contributed by atoms with Gasteiger partial charge in [-0.25, -0.2) is 14.6 Å². The number of hydrogen-bond donors (Lipinski definition) is 3. The van der Waals surface area contributed by atoms with Crippen molar-refractivity contribution in [2.75, 3.05) is 17.7 Å². The summed E-state index contributed by atoms with van der Waals surface area (Å²) in [5.74, 6) is -0.773. The van der Waals surface area contributed by atoms with Gasteiger partial charge in [0.1, 0.15) is 5.82 Å². The lowest BCUT2D eigenvalue weighted by atomic mass is 10.2. The predicted octanol–water partition coefficient (Wildman–Crippen LogP) is 3.45. The Morgan fingerprint density at radius 2 is 1.85 bits per heavy atom. The molecule has 0 aliphatic rings. The van der Waals surface area contributed by atoms with E-state index < -0.39 is 11.9 Å². The van der Waals surface area contributed by atoms with Crippen molar-refractivity contribution in [3.05, 3.63) is 71.9 Å². The molecule has 3 N–H and O–H groups in total. The summed E-state index contributed by atoms with van der Waals surface area (Å²) >= 11 is 0. The highest BCUT2D eigenvalue weighted by molar-refractivity contribution is 5.95. The maximum absolute atomic E-state index is 11.6. The van der Waals surface area contributed by atoms with Crippen LogP contribution in [0.4, 0.5) is 23.1 Å². The second-order valence-corrected chi connectivity index (χ2v) is 5.44. The van der Waals surface area contributed by atoms with Crippen molar-refractivity contribution in [1.29, 1.82) is 0 Å². The van der Waals surface area contributed by atoms with Crippen LogP contribution in [0.5, 0.6) is 0 Å². The van der Waals surface area contributed by atoms with Crippen molar-refractivity contribution in [2.45, 2.75) is 0 Å². The molecule has 3 rings (SSSR count). The number of methoxy groups -OCH3 is 1. The van der Waals surface area contributed by atoms with Crippen LogP contribution in [0.25, 0.3) is 0 Å². The SMILES string of the molecule is COC(=O)c1cccc(Nc2nccc(Nc3ccccc3C(=O)O)n2)c1. The number of aromatic carboxylic acids is 1. The van der Waals surface area contributed by atoms with E-state index in [1.54, 1.807) is 48.5 Å². The van der Waals surface area contributed by atoms with Crippen molar-refractivity contribution >= 4 is 35.1 Å². The molecular formula is C19H16N4O4. The topological polar surface area (TPSA) is 113 Å². The average Bonchev–Trinajstić information content (AvgIpc) is 2.68. The Balaban J connectivity index is 1.81. The number of benzene rings is 2. The number of esters is 1. The lowest BCUT2D eigenvalue weighted by Crippen LogP contribution is -2.05. The van der Waals surface area contributed by atoms with Crippen LogP contribution in [0, 0.1) is 0 Å². The lowest BCUT2D eigenvalue weighted by Gasteiger charge is -2.10. The van der Waals surface area contributed by atoms with Gasteiger partial charge in [0, 0.05) is 11.9 Å². The molecule has 0 atom stereocenters. The molecule has 0 bridgehead atoms. The first-order chi connectivity index (χ1) is 13.1. The van der Waals surface area contributed by atoms with Gasteiger partial charge in [-0.15, -0.1) is 0 Å². The number of ether oxygens (including phenoxy) is 1. The van der Waals surface area contributed by atoms with Gasteiger partial charge in [0.15, 0.2) is 0 Å². The molecule has 0 fully saturated rings. The first-order valence-corrected chi connectivity index (χ1v) is 7.94. The number of hydrogen-bond acceptors (Lipinski definition) is 7. The van der Waals surface area contributed by atoms with Crippen molar-refractivity contribution < 1.29 is 19.4 Å². The molecule has 0 saturated heterocycles. The van der Waals surface area contributed by atoms with E-state index in [9.17, 15) is 14.7 Å². The molecule has 8 heteroatoms. The predicted molar refractivity (Wildman–Crippen MR) is 99.8 cm³/mol. The van der Waals surface area contributed by atoms with Gasteiger partial charge >= 0.3 is 11.9 Å². The monoisotopic (exact) mass is 364 g/mol. The number of rotatable bonds is 6. The van der Waals surface area contributed by atoms with Gasteiger partial charge < -0.3 is 20.5 Å². The molecule has 8 nitrogen and oxygen atoms in total. The molecule has 0 aliphatic carbocycles. The quantitative estimate of drug-likeness (QED) is 0.570. The van der Waals surface area contributed by atoms with E-state index >= 15 is 0 Å². The Kier molecular flexibility index (Phi) is 5.27. The molecule has 0 amide bonds. The molecule has 0 aliphatic heterocycles. The van der Waals surface area contributed by atoms with E-state index in [-0.39, 0.29) is 11.5 Å². The highest BCUT2D eigenvalue weighted by Gasteiger charge is 2.10. The number of carboxylic acid groups (broad SMARTS) is 1. The highest BCUT2D eigenvalue weighted by atomic mass is 16.5. The largest absolute Gasteiger partial charge is 0.478 e. The van der Waals surface area contributed by atoms with E-state index in [4.69, 9.17) is 4.74 Å². The molecule has 0 radical (unpaired) electrons. The summed E-state index contributed by atoms with van der Waals surface area (Å²) in [7, 11) is 1.32. The number of anilines is 4. The molecule has 1 heterocycles. The number of aromatic nitrogens is 2. The van der Waals surface area contributed by atoms with Crippen LogP contribution in [0.2, 0.25) is 0 Å². The molecule has 0 saturated carbocycles. The van der Waals surface area contributed by atoms with Gasteiger partial charge in [0.05, 0.1) is 23.9 Å². The maximum atomic E-state index is 11.6. The molecule has 0 spiro atoms. The second-order valence-electron chi connectivity index (χ2n) is 5.44. The van der Waals surface area contributed by atoms with E-state index in [1.807, 2.05) is 0 Å². The number of nitrogens with one attached hydrogen (secondary N) is 2. The van der Waals surface area contributed by atoms with E-state index in [0.29, 0.717) is 22.8 Å². The standard InChI is InChI=1S/C19H16N4O4/c1-27-18(26)12-5-4-6-13(11-12)21-19-20-10-9-16(23-19)22-15-8-3-2-7-14(15)17(24)25/h2-11H,1H3,(H,24,25)(H2,20,21,22,23). The molecule has 27 heavy (non-hydrogen) atoms. The van der Waals surface area contributed by atoms with Crippen LogP contribution < -0.4 is 10.6 Å². The van der Waals surface area contributed by atoms with E-state index in [1.165, 1.54) is 19.4 Å². The van der Waals surface area contributed by atoms with E-state index in [0.717, 1.165) is 0 Å². The summed E-state index contributed by atoms with van der Waals surface area (Å²) in [6.45, 7) is 0. The van der Waals surface area contributed by atoms with Crippen molar-refractivity contribution in [3.63, 3.8) is 0 Å². The van der Waals surface area contributed by atoms with Crippen molar-refractivity contribution in [3.8, 4) is 0 Å². The number of para-hydroxylation sites is 1. The third-order valence-corrected chi connectivity index (χ3v) is 3.62. The zero-order valence-electron chi connectivity index (χ0n) is 14.3. The van der Waals surface area contributed by atoms with Crippen molar-refractivity contribution in [2.24, 2.45) is 0 Å². The van der Waals surface area contributed by atoms with Gasteiger partial charge in [-0.2, -0.15) is 4.98 Å². The summed E-state index contributed by atoms with van der Waals surface area (Å²) < 4.78 is 4.70. The fraction of sp³-hybridized carbons (Fsp3) is 0.0526. The smallest absolute Gasteiger partial charge is 0.337 e. The number of nitrogens with zero attached hydrogens (tertiary/aromatic N) is 2. The minimum absolute atomic E-state index is 0.136. The number of carbonyl (C=O) groups excluding carboxylic acids is 1. The number of carbonyl (C=O) groups is 2. The van der Waals surface area contributed by atoms with Crippen LogP contribution in [0.1, 0.15) is 20.7 Å². The minimum Gasteiger partial charge on any atom is -0.478 e. The zero-order chi connectivity index (χ0) is 19.2. The number of carboxylic acids is 1. The second kappa shape index (κ2) is 7.96. The molecule has 0 unspecified atom stereocenters. The Morgan fingerprint density at radius 3 is 2.63 bits per heavy atom. The summed E-state index contributed by atoms with van der Waals surface area (Å²) in [5.41, 5.74) is 1.56. The first kappa shape index (κ1) is 17.9. The minimum atomic E-state index is -1.04. The normalized spacial score (nSPS) is 10.1. The Morgan fingerprint density at radius 1 is 1.04 bits per heavy atom. The molecule has 3 aromatic rings. The fourth-order valence-corrected chi connectivity index (χ4v) is 2.38. The molecule has 136 valence electrons. The van der Waals surface area contributed by atoms with Gasteiger partial charge in [-0.1, -0.05) is 18.2 Å². The molecular weight excluding hydrogens is 348 g/mol. The highest BCUT2D eigenvalue weighted by Crippen LogP contribution is 2.21. The summed E-state index contributed by atoms with van der Waals surface area (Å²) in [5, 5.41) is 15.2. The van der Waals surface area contributed by atoms with Gasteiger partial charge in [0.2, 0.25) is 5.95 Å². The summed E-state index contributed by atoms with van der Waals surface area (Å²) in [6.07, 6.45) is 1.53. The van der Waals surface area contributed by atoms with Gasteiger partial charge in [0.25, 0.3) is 0 Å². The zero-order valence-corrected chi connectivity index (χ0v) is 14.3. The lowest BCUT2D eigenvalue weighted by molar-refractivity contribution is 0.0600.